The van der Waals surface area contributed by atoms with Gasteiger partial charge in [0, 0.05) is 23.7 Å². The van der Waals surface area contributed by atoms with Crippen molar-refractivity contribution in [2.45, 2.75) is 25.3 Å². The smallest absolute Gasteiger partial charge is 0.129 e. The van der Waals surface area contributed by atoms with Gasteiger partial charge in [-0.15, -0.1) is 0 Å². The quantitative estimate of drug-likeness (QED) is 0.871. The monoisotopic (exact) mass is 251 g/mol. The lowest BCUT2D eigenvalue weighted by atomic mass is 10.0. The average molecular weight is 251 g/mol. The van der Waals surface area contributed by atoms with Gasteiger partial charge in [-0.2, -0.15) is 0 Å². The van der Waals surface area contributed by atoms with Crippen LogP contribution < -0.4 is 19.9 Å². The van der Waals surface area contributed by atoms with E-state index in [1.807, 2.05) is 19.1 Å². The number of rotatable bonds is 5. The Hall–Kier alpha value is -1.42. The molecule has 0 aromatic heterocycles. The molecule has 0 saturated heterocycles. The van der Waals surface area contributed by atoms with Crippen LogP contribution in [-0.4, -0.2) is 27.4 Å². The van der Waals surface area contributed by atoms with E-state index in [0.29, 0.717) is 11.8 Å². The summed E-state index contributed by atoms with van der Waals surface area (Å²) >= 11 is 0. The van der Waals surface area contributed by atoms with Gasteiger partial charge in [-0.3, -0.25) is 0 Å². The van der Waals surface area contributed by atoms with Crippen molar-refractivity contribution in [1.82, 2.24) is 0 Å². The third-order valence-corrected chi connectivity index (χ3v) is 3.64. The minimum atomic E-state index is 0.200. The van der Waals surface area contributed by atoms with E-state index in [4.69, 9.17) is 19.9 Å². The molecular weight excluding hydrogens is 230 g/mol. The molecule has 0 bridgehead atoms. The summed E-state index contributed by atoms with van der Waals surface area (Å²) in [5.74, 6) is 3.33. The van der Waals surface area contributed by atoms with E-state index in [0.717, 1.165) is 29.2 Å². The molecule has 0 radical (unpaired) electrons. The summed E-state index contributed by atoms with van der Waals surface area (Å²) in [6.07, 6.45) is 1.09. The molecule has 0 amide bonds. The Morgan fingerprint density at radius 2 is 1.67 bits per heavy atom. The van der Waals surface area contributed by atoms with Gasteiger partial charge in [0.25, 0.3) is 0 Å². The lowest BCUT2D eigenvalue weighted by Crippen LogP contribution is -2.18. The molecule has 18 heavy (non-hydrogen) atoms. The Bertz CT molecular complexity index is 406. The summed E-state index contributed by atoms with van der Waals surface area (Å²) in [5, 5.41) is 0. The average Bonchev–Trinajstić information content (AvgIpc) is 3.17. The molecule has 0 unspecified atom stereocenters. The van der Waals surface area contributed by atoms with Gasteiger partial charge in [-0.1, -0.05) is 0 Å². The van der Waals surface area contributed by atoms with Crippen molar-refractivity contribution in [3.8, 4) is 17.2 Å². The molecule has 0 aliphatic heterocycles. The van der Waals surface area contributed by atoms with Crippen LogP contribution in [0.4, 0.5) is 0 Å². The highest BCUT2D eigenvalue weighted by Crippen LogP contribution is 2.55. The number of ether oxygens (including phenoxy) is 3. The molecule has 0 heterocycles. The maximum absolute atomic E-state index is 5.96. The Kier molecular flexibility index (Phi) is 3.66. The van der Waals surface area contributed by atoms with E-state index >= 15 is 0 Å². The van der Waals surface area contributed by atoms with Crippen molar-refractivity contribution in [3.63, 3.8) is 0 Å². The Labute approximate surface area is 108 Å². The number of hydrogen-bond acceptors (Lipinski definition) is 4. The number of nitrogens with two attached hydrogens (primary N) is 1. The highest BCUT2D eigenvalue weighted by Gasteiger charge is 2.44. The molecule has 100 valence electrons. The van der Waals surface area contributed by atoms with Crippen LogP contribution in [0.15, 0.2) is 12.1 Å². The van der Waals surface area contributed by atoms with Crippen molar-refractivity contribution in [2.24, 2.45) is 11.7 Å². The summed E-state index contributed by atoms with van der Waals surface area (Å²) in [6.45, 7) is 2.05. The second kappa shape index (κ2) is 5.06. The summed E-state index contributed by atoms with van der Waals surface area (Å²) < 4.78 is 16.2. The second-order valence-corrected chi connectivity index (χ2v) is 4.81. The molecule has 4 heteroatoms. The molecule has 3 atom stereocenters. The molecular formula is C14H21NO3. The highest BCUT2D eigenvalue weighted by molar-refractivity contribution is 5.54. The zero-order valence-electron chi connectivity index (χ0n) is 11.4. The first-order chi connectivity index (χ1) is 8.62. The van der Waals surface area contributed by atoms with Gasteiger partial charge in [0.2, 0.25) is 0 Å². The normalized spacial score (nSPS) is 23.4. The van der Waals surface area contributed by atoms with Gasteiger partial charge >= 0.3 is 0 Å². The van der Waals surface area contributed by atoms with Crippen LogP contribution in [0.3, 0.4) is 0 Å². The summed E-state index contributed by atoms with van der Waals surface area (Å²) in [5.41, 5.74) is 7.07. The van der Waals surface area contributed by atoms with Crippen molar-refractivity contribution in [2.75, 3.05) is 21.3 Å². The Balaban J connectivity index is 2.39. The first-order valence-corrected chi connectivity index (χ1v) is 6.17. The van der Waals surface area contributed by atoms with E-state index < -0.39 is 0 Å². The minimum Gasteiger partial charge on any atom is -0.496 e. The van der Waals surface area contributed by atoms with Gasteiger partial charge in [-0.05, 0) is 25.2 Å². The van der Waals surface area contributed by atoms with Crippen molar-refractivity contribution in [3.05, 3.63) is 17.7 Å². The first kappa shape index (κ1) is 13.0. The van der Waals surface area contributed by atoms with Gasteiger partial charge < -0.3 is 19.9 Å². The van der Waals surface area contributed by atoms with Crippen LogP contribution in [0.25, 0.3) is 0 Å². The molecule has 4 nitrogen and oxygen atoms in total. The maximum atomic E-state index is 5.96. The Morgan fingerprint density at radius 1 is 1.11 bits per heavy atom. The number of methoxy groups -OCH3 is 3. The number of hydrogen-bond donors (Lipinski definition) is 1. The van der Waals surface area contributed by atoms with E-state index in [2.05, 4.69) is 0 Å². The molecule has 2 N–H and O–H groups in total. The van der Waals surface area contributed by atoms with E-state index in [1.165, 1.54) is 0 Å². The molecule has 1 aliphatic rings. The lowest BCUT2D eigenvalue weighted by Gasteiger charge is -2.15. The molecule has 0 spiro atoms. The number of benzene rings is 1. The molecule has 1 aromatic rings. The zero-order valence-corrected chi connectivity index (χ0v) is 11.4. The lowest BCUT2D eigenvalue weighted by molar-refractivity contribution is 0.367. The van der Waals surface area contributed by atoms with Crippen LogP contribution in [0.5, 0.6) is 17.2 Å². The third kappa shape index (κ3) is 2.25. The fourth-order valence-electron chi connectivity index (χ4n) is 2.53. The highest BCUT2D eigenvalue weighted by atomic mass is 16.5. The zero-order chi connectivity index (χ0) is 13.3. The minimum absolute atomic E-state index is 0.200. The van der Waals surface area contributed by atoms with Crippen molar-refractivity contribution < 1.29 is 14.2 Å². The third-order valence-electron chi connectivity index (χ3n) is 3.64. The van der Waals surface area contributed by atoms with Crippen molar-refractivity contribution in [1.29, 1.82) is 0 Å². The van der Waals surface area contributed by atoms with Crippen LogP contribution in [0.2, 0.25) is 0 Å². The van der Waals surface area contributed by atoms with Gasteiger partial charge in [0.05, 0.1) is 21.3 Å². The predicted molar refractivity (Wildman–Crippen MR) is 70.6 cm³/mol. The van der Waals surface area contributed by atoms with Gasteiger partial charge in [-0.25, -0.2) is 0 Å². The van der Waals surface area contributed by atoms with Crippen LogP contribution in [0, 0.1) is 5.92 Å². The SMILES string of the molecule is COc1cc(OC)c([C@@H]2C[C@H]2[C@@H](C)N)c(OC)c1. The predicted octanol–water partition coefficient (Wildman–Crippen LogP) is 2.16. The molecule has 1 aliphatic carbocycles. The van der Waals surface area contributed by atoms with Gasteiger partial charge in [0.15, 0.2) is 0 Å². The van der Waals surface area contributed by atoms with Crippen LogP contribution in [-0.2, 0) is 0 Å². The second-order valence-electron chi connectivity index (χ2n) is 4.81. The van der Waals surface area contributed by atoms with E-state index in [1.54, 1.807) is 21.3 Å². The molecule has 1 fully saturated rings. The van der Waals surface area contributed by atoms with Crippen LogP contribution in [0.1, 0.15) is 24.8 Å². The summed E-state index contributed by atoms with van der Waals surface area (Å²) in [4.78, 5) is 0. The maximum Gasteiger partial charge on any atom is 0.129 e. The fourth-order valence-corrected chi connectivity index (χ4v) is 2.53. The molecule has 1 saturated carbocycles. The summed E-state index contributed by atoms with van der Waals surface area (Å²) in [6, 6.07) is 3.99. The summed E-state index contributed by atoms with van der Waals surface area (Å²) in [7, 11) is 4.97. The van der Waals surface area contributed by atoms with Gasteiger partial charge in [0.1, 0.15) is 17.2 Å². The molecule has 1 aromatic carbocycles. The standard InChI is InChI=1S/C14H21NO3/c1-8(15)10-7-11(10)14-12(17-3)5-9(16-2)6-13(14)18-4/h5-6,8,10-11H,7,15H2,1-4H3/t8-,10+,11-/m1/s1. The van der Waals surface area contributed by atoms with E-state index in [9.17, 15) is 0 Å². The largest absolute Gasteiger partial charge is 0.496 e. The van der Waals surface area contributed by atoms with E-state index in [-0.39, 0.29) is 6.04 Å². The van der Waals surface area contributed by atoms with Crippen molar-refractivity contribution >= 4 is 0 Å². The van der Waals surface area contributed by atoms with Crippen LogP contribution >= 0.6 is 0 Å². The fraction of sp³-hybridized carbons (Fsp3) is 0.571. The Morgan fingerprint density at radius 3 is 2.00 bits per heavy atom. The first-order valence-electron chi connectivity index (χ1n) is 6.17. The topological polar surface area (TPSA) is 53.7 Å². The molecule has 2 rings (SSSR count).